The Labute approximate surface area is 102 Å². The molecule has 1 saturated heterocycles. The number of aromatic nitrogens is 2. The first-order chi connectivity index (χ1) is 8.08. The third kappa shape index (κ3) is 2.66. The monoisotopic (exact) mass is 236 g/mol. The van der Waals surface area contributed by atoms with Crippen molar-refractivity contribution in [3.8, 4) is 0 Å². The molecule has 2 heterocycles. The van der Waals surface area contributed by atoms with E-state index in [0.29, 0.717) is 11.7 Å². The summed E-state index contributed by atoms with van der Waals surface area (Å²) >= 11 is 0. The number of amides is 1. The Hall–Kier alpha value is -1.36. The van der Waals surface area contributed by atoms with Crippen LogP contribution in [-0.2, 0) is 7.05 Å². The lowest BCUT2D eigenvalue weighted by Crippen LogP contribution is -2.52. The largest absolute Gasteiger partial charge is 0.346 e. The van der Waals surface area contributed by atoms with E-state index in [4.69, 9.17) is 0 Å². The molecule has 2 unspecified atom stereocenters. The van der Waals surface area contributed by atoms with E-state index in [0.717, 1.165) is 25.1 Å². The summed E-state index contributed by atoms with van der Waals surface area (Å²) in [5.74, 6) is -0.0337. The van der Waals surface area contributed by atoms with Crippen molar-refractivity contribution in [3.05, 3.63) is 17.5 Å². The number of hydrogen-bond acceptors (Lipinski definition) is 3. The zero-order valence-corrected chi connectivity index (χ0v) is 10.7. The Morgan fingerprint density at radius 2 is 2.41 bits per heavy atom. The zero-order valence-electron chi connectivity index (χ0n) is 10.7. The number of piperidine rings is 1. The standard InChI is InChI=1S/C12H20N4O/c1-8-7-11(16(3)15-8)12(17)14-10-5-4-6-13-9(10)2/h7,9-10,13H,4-6H2,1-3H3,(H,14,17). The summed E-state index contributed by atoms with van der Waals surface area (Å²) in [6.07, 6.45) is 2.15. The fourth-order valence-corrected chi connectivity index (χ4v) is 2.31. The van der Waals surface area contributed by atoms with Crippen LogP contribution < -0.4 is 10.6 Å². The SMILES string of the molecule is Cc1cc(C(=O)NC2CCCNC2C)n(C)n1. The second kappa shape index (κ2) is 4.87. The third-order valence-corrected chi connectivity index (χ3v) is 3.31. The third-order valence-electron chi connectivity index (χ3n) is 3.31. The van der Waals surface area contributed by atoms with Gasteiger partial charge in [-0.3, -0.25) is 9.48 Å². The van der Waals surface area contributed by atoms with Crippen LogP contribution in [0.2, 0.25) is 0 Å². The van der Waals surface area contributed by atoms with Crippen LogP contribution in [0, 0.1) is 6.92 Å². The van der Waals surface area contributed by atoms with Crippen LogP contribution in [0.3, 0.4) is 0 Å². The van der Waals surface area contributed by atoms with Crippen molar-refractivity contribution in [2.24, 2.45) is 7.05 Å². The molecule has 1 aromatic heterocycles. The van der Waals surface area contributed by atoms with Gasteiger partial charge < -0.3 is 10.6 Å². The molecule has 1 aliphatic rings. The fourth-order valence-electron chi connectivity index (χ4n) is 2.31. The van der Waals surface area contributed by atoms with Crippen LogP contribution in [-0.4, -0.2) is 34.3 Å². The lowest BCUT2D eigenvalue weighted by molar-refractivity contribution is 0.0910. The molecule has 5 nitrogen and oxygen atoms in total. The van der Waals surface area contributed by atoms with Crippen molar-refractivity contribution >= 4 is 5.91 Å². The molecule has 0 saturated carbocycles. The molecule has 0 radical (unpaired) electrons. The molecule has 2 rings (SSSR count). The second-order valence-corrected chi connectivity index (χ2v) is 4.76. The normalized spacial score (nSPS) is 24.6. The van der Waals surface area contributed by atoms with Crippen LogP contribution in [0.25, 0.3) is 0 Å². The molecule has 94 valence electrons. The number of nitrogens with one attached hydrogen (secondary N) is 2. The Kier molecular flexibility index (Phi) is 3.47. The zero-order chi connectivity index (χ0) is 12.4. The first-order valence-electron chi connectivity index (χ1n) is 6.13. The van der Waals surface area contributed by atoms with Crippen LogP contribution in [0.1, 0.15) is 35.9 Å². The Balaban J connectivity index is 2.03. The van der Waals surface area contributed by atoms with Crippen LogP contribution in [0.4, 0.5) is 0 Å². The van der Waals surface area contributed by atoms with Crippen molar-refractivity contribution in [2.75, 3.05) is 6.54 Å². The smallest absolute Gasteiger partial charge is 0.269 e. The number of carbonyl (C=O) groups is 1. The number of carbonyl (C=O) groups excluding carboxylic acids is 1. The molecular formula is C12H20N4O. The topological polar surface area (TPSA) is 59.0 Å². The molecule has 0 bridgehead atoms. The van der Waals surface area contributed by atoms with Gasteiger partial charge in [0.25, 0.3) is 5.91 Å². The summed E-state index contributed by atoms with van der Waals surface area (Å²) in [6.45, 7) is 5.04. The first kappa shape index (κ1) is 12.1. The molecule has 5 heteroatoms. The van der Waals surface area contributed by atoms with Gasteiger partial charge in [-0.25, -0.2) is 0 Å². The molecule has 0 aliphatic carbocycles. The summed E-state index contributed by atoms with van der Waals surface area (Å²) in [7, 11) is 1.80. The van der Waals surface area contributed by atoms with E-state index in [9.17, 15) is 4.79 Å². The average Bonchev–Trinajstić information content (AvgIpc) is 2.61. The summed E-state index contributed by atoms with van der Waals surface area (Å²) in [4.78, 5) is 12.1. The van der Waals surface area contributed by atoms with Gasteiger partial charge in [0, 0.05) is 19.1 Å². The van der Waals surface area contributed by atoms with Crippen molar-refractivity contribution in [2.45, 2.75) is 38.8 Å². The lowest BCUT2D eigenvalue weighted by Gasteiger charge is -2.30. The van der Waals surface area contributed by atoms with E-state index in [1.165, 1.54) is 0 Å². The van der Waals surface area contributed by atoms with Gasteiger partial charge in [-0.15, -0.1) is 0 Å². The molecule has 1 aromatic rings. The molecule has 2 atom stereocenters. The van der Waals surface area contributed by atoms with Crippen LogP contribution >= 0.6 is 0 Å². The molecule has 0 spiro atoms. The average molecular weight is 236 g/mol. The Morgan fingerprint density at radius 3 is 3.00 bits per heavy atom. The first-order valence-corrected chi connectivity index (χ1v) is 6.13. The van der Waals surface area contributed by atoms with Crippen molar-refractivity contribution in [1.82, 2.24) is 20.4 Å². The maximum absolute atomic E-state index is 12.1. The quantitative estimate of drug-likeness (QED) is 0.790. The van der Waals surface area contributed by atoms with Gasteiger partial charge in [0.1, 0.15) is 5.69 Å². The maximum Gasteiger partial charge on any atom is 0.269 e. The van der Waals surface area contributed by atoms with E-state index >= 15 is 0 Å². The molecule has 17 heavy (non-hydrogen) atoms. The van der Waals surface area contributed by atoms with E-state index in [-0.39, 0.29) is 11.9 Å². The van der Waals surface area contributed by atoms with Crippen LogP contribution in [0.5, 0.6) is 0 Å². The summed E-state index contributed by atoms with van der Waals surface area (Å²) < 4.78 is 1.63. The highest BCUT2D eigenvalue weighted by atomic mass is 16.2. The van der Waals surface area contributed by atoms with Gasteiger partial charge in [0.2, 0.25) is 0 Å². The number of aryl methyl sites for hydroxylation is 2. The number of rotatable bonds is 2. The Morgan fingerprint density at radius 1 is 1.65 bits per heavy atom. The van der Waals surface area contributed by atoms with Gasteiger partial charge in [-0.05, 0) is 39.3 Å². The summed E-state index contributed by atoms with van der Waals surface area (Å²) in [5.41, 5.74) is 1.49. The highest BCUT2D eigenvalue weighted by Crippen LogP contribution is 2.10. The van der Waals surface area contributed by atoms with Gasteiger partial charge in [0.05, 0.1) is 5.69 Å². The van der Waals surface area contributed by atoms with Gasteiger partial charge >= 0.3 is 0 Å². The van der Waals surface area contributed by atoms with E-state index in [2.05, 4.69) is 22.7 Å². The van der Waals surface area contributed by atoms with E-state index in [1.807, 2.05) is 13.0 Å². The molecule has 2 N–H and O–H groups in total. The fraction of sp³-hybridized carbons (Fsp3) is 0.667. The summed E-state index contributed by atoms with van der Waals surface area (Å²) in [5, 5.41) is 10.6. The minimum absolute atomic E-state index is 0.0337. The molecule has 1 aliphatic heterocycles. The molecular weight excluding hydrogens is 216 g/mol. The predicted molar refractivity (Wildman–Crippen MR) is 65.9 cm³/mol. The van der Waals surface area contributed by atoms with Crippen molar-refractivity contribution < 1.29 is 4.79 Å². The molecule has 0 aromatic carbocycles. The van der Waals surface area contributed by atoms with Gasteiger partial charge in [-0.1, -0.05) is 0 Å². The van der Waals surface area contributed by atoms with E-state index < -0.39 is 0 Å². The maximum atomic E-state index is 12.1. The minimum atomic E-state index is -0.0337. The molecule has 1 amide bonds. The van der Waals surface area contributed by atoms with Crippen LogP contribution in [0.15, 0.2) is 6.07 Å². The molecule has 1 fully saturated rings. The minimum Gasteiger partial charge on any atom is -0.346 e. The van der Waals surface area contributed by atoms with E-state index in [1.54, 1.807) is 11.7 Å². The Bertz CT molecular complexity index is 413. The predicted octanol–water partition coefficient (Wildman–Crippen LogP) is 0.599. The highest BCUT2D eigenvalue weighted by Gasteiger charge is 2.23. The van der Waals surface area contributed by atoms with Gasteiger partial charge in [-0.2, -0.15) is 5.10 Å². The van der Waals surface area contributed by atoms with Crippen molar-refractivity contribution in [1.29, 1.82) is 0 Å². The van der Waals surface area contributed by atoms with Gasteiger partial charge in [0.15, 0.2) is 0 Å². The summed E-state index contributed by atoms with van der Waals surface area (Å²) in [6, 6.07) is 2.37. The highest BCUT2D eigenvalue weighted by molar-refractivity contribution is 5.92. The second-order valence-electron chi connectivity index (χ2n) is 4.76. The number of nitrogens with zero attached hydrogens (tertiary/aromatic N) is 2. The van der Waals surface area contributed by atoms with Crippen molar-refractivity contribution in [3.63, 3.8) is 0 Å². The lowest BCUT2D eigenvalue weighted by atomic mass is 10.00. The number of hydrogen-bond donors (Lipinski definition) is 2.